The number of amides is 1. The molecule has 0 radical (unpaired) electrons. The Morgan fingerprint density at radius 2 is 1.76 bits per heavy atom. The maximum absolute atomic E-state index is 13.8. The van der Waals surface area contributed by atoms with Gasteiger partial charge >= 0.3 is 0 Å². The monoisotopic (exact) mass is 583 g/mol. The third-order valence-electron chi connectivity index (χ3n) is 7.40. The first kappa shape index (κ1) is 27.4. The van der Waals surface area contributed by atoms with E-state index in [4.69, 9.17) is 21.1 Å². The molecule has 2 heterocycles. The highest BCUT2D eigenvalue weighted by Crippen LogP contribution is 2.47. The number of hydrogen-bond acceptors (Lipinski definition) is 5. The third-order valence-corrected chi connectivity index (χ3v) is 7.81. The summed E-state index contributed by atoms with van der Waals surface area (Å²) in [6, 6.07) is 24.0. The molecule has 42 heavy (non-hydrogen) atoms. The summed E-state index contributed by atoms with van der Waals surface area (Å²) in [5.74, 6) is 0.408. The third kappa shape index (κ3) is 5.05. The van der Waals surface area contributed by atoms with Crippen molar-refractivity contribution in [1.82, 2.24) is 15.1 Å². The molecule has 1 aliphatic rings. The van der Waals surface area contributed by atoms with Crippen LogP contribution in [0.5, 0.6) is 17.2 Å². The van der Waals surface area contributed by atoms with Crippen LogP contribution in [-0.2, 0) is 13.2 Å². The molecule has 1 aliphatic heterocycles. The highest BCUT2D eigenvalue weighted by atomic mass is 35.5. The van der Waals surface area contributed by atoms with Crippen LogP contribution in [0.1, 0.15) is 44.3 Å². The smallest absolute Gasteiger partial charge is 0.273 e. The number of hydrogen-bond donors (Lipinski definition) is 2. The number of aryl methyl sites for hydroxylation is 1. The molecule has 5 aromatic rings. The molecule has 0 fully saturated rings. The van der Waals surface area contributed by atoms with Gasteiger partial charge in [0.2, 0.25) is 0 Å². The molecule has 0 saturated carbocycles. The molecule has 6 rings (SSSR count). The van der Waals surface area contributed by atoms with Gasteiger partial charge in [-0.3, -0.25) is 9.89 Å². The lowest BCUT2D eigenvalue weighted by molar-refractivity contribution is 0.0730. The fourth-order valence-electron chi connectivity index (χ4n) is 5.26. The van der Waals surface area contributed by atoms with Crippen LogP contribution < -0.4 is 9.47 Å². The van der Waals surface area contributed by atoms with Crippen molar-refractivity contribution in [2.75, 3.05) is 7.11 Å². The Labute approximate surface area is 247 Å². The van der Waals surface area contributed by atoms with E-state index in [1.54, 1.807) is 43.2 Å². The first-order valence-corrected chi connectivity index (χ1v) is 13.7. The molecule has 0 saturated heterocycles. The number of carbonyl (C=O) groups excluding carboxylic acids is 1. The van der Waals surface area contributed by atoms with E-state index in [9.17, 15) is 14.3 Å². The van der Waals surface area contributed by atoms with E-state index >= 15 is 0 Å². The number of phenolic OH excluding ortho intramolecular Hbond substituents is 1. The van der Waals surface area contributed by atoms with Gasteiger partial charge in [0, 0.05) is 22.7 Å². The van der Waals surface area contributed by atoms with Crippen molar-refractivity contribution in [1.29, 1.82) is 0 Å². The standard InChI is InChI=1S/C33H27ClFN3O4/c1-19-14-26(39)24(16-25(19)34)30-29-31(37-36-30)33(40)38(17-20-8-11-23(35)12-9-20)32(29)22-10-13-27(28(15-22)41-2)42-18-21-6-4-3-5-7-21/h3-16,32,39H,17-18H2,1-2H3,(H,36,37). The minimum Gasteiger partial charge on any atom is -0.507 e. The Morgan fingerprint density at radius 3 is 2.50 bits per heavy atom. The lowest BCUT2D eigenvalue weighted by Gasteiger charge is -2.27. The second-order valence-electron chi connectivity index (χ2n) is 10.1. The highest BCUT2D eigenvalue weighted by Gasteiger charge is 2.43. The summed E-state index contributed by atoms with van der Waals surface area (Å²) < 4.78 is 25.4. The summed E-state index contributed by atoms with van der Waals surface area (Å²) in [5.41, 5.74) is 4.94. The minimum absolute atomic E-state index is 0.00313. The van der Waals surface area contributed by atoms with E-state index < -0.39 is 6.04 Å². The molecule has 4 aromatic carbocycles. The first-order valence-electron chi connectivity index (χ1n) is 13.3. The summed E-state index contributed by atoms with van der Waals surface area (Å²) >= 11 is 6.43. The van der Waals surface area contributed by atoms with E-state index in [-0.39, 0.29) is 24.0 Å². The van der Waals surface area contributed by atoms with Crippen LogP contribution in [-0.4, -0.2) is 33.2 Å². The number of ether oxygens (including phenoxy) is 2. The molecule has 1 amide bonds. The summed E-state index contributed by atoms with van der Waals surface area (Å²) in [4.78, 5) is 15.5. The van der Waals surface area contributed by atoms with Gasteiger partial charge in [0.15, 0.2) is 11.5 Å². The van der Waals surface area contributed by atoms with Gasteiger partial charge in [-0.05, 0) is 65.6 Å². The lowest BCUT2D eigenvalue weighted by Crippen LogP contribution is -2.29. The largest absolute Gasteiger partial charge is 0.507 e. The van der Waals surface area contributed by atoms with Crippen molar-refractivity contribution >= 4 is 17.5 Å². The number of aromatic hydroxyl groups is 1. The number of nitrogens with one attached hydrogen (secondary N) is 1. The van der Waals surface area contributed by atoms with E-state index in [1.165, 1.54) is 12.1 Å². The molecular formula is C33H27ClFN3O4. The van der Waals surface area contributed by atoms with Gasteiger partial charge in [-0.25, -0.2) is 4.39 Å². The van der Waals surface area contributed by atoms with Crippen LogP contribution in [0.2, 0.25) is 5.02 Å². The van der Waals surface area contributed by atoms with Crippen molar-refractivity contribution in [3.8, 4) is 28.5 Å². The lowest BCUT2D eigenvalue weighted by atomic mass is 9.94. The second kappa shape index (κ2) is 11.2. The average Bonchev–Trinajstić information content (AvgIpc) is 3.54. The number of methoxy groups -OCH3 is 1. The average molecular weight is 584 g/mol. The zero-order chi connectivity index (χ0) is 29.4. The number of fused-ring (bicyclic) bond motifs is 1. The van der Waals surface area contributed by atoms with Gasteiger partial charge in [-0.15, -0.1) is 0 Å². The Balaban J connectivity index is 1.44. The van der Waals surface area contributed by atoms with Gasteiger partial charge in [0.25, 0.3) is 5.91 Å². The van der Waals surface area contributed by atoms with E-state index in [1.807, 2.05) is 48.5 Å². The Kier molecular flexibility index (Phi) is 7.31. The Hall–Kier alpha value is -4.82. The number of nitrogens with zero attached hydrogens (tertiary/aromatic N) is 2. The minimum atomic E-state index is -0.608. The van der Waals surface area contributed by atoms with Crippen molar-refractivity contribution in [2.45, 2.75) is 26.1 Å². The molecule has 0 bridgehead atoms. The summed E-state index contributed by atoms with van der Waals surface area (Å²) in [7, 11) is 1.56. The SMILES string of the molecule is COc1cc(C2c3c(-c4cc(Cl)c(C)cc4O)n[nH]c3C(=O)N2Cc2ccc(F)cc2)ccc1OCc1ccccc1. The molecule has 2 N–H and O–H groups in total. The van der Waals surface area contributed by atoms with Crippen LogP contribution in [0, 0.1) is 12.7 Å². The fraction of sp³-hybridized carbons (Fsp3) is 0.152. The summed E-state index contributed by atoms with van der Waals surface area (Å²) in [6.45, 7) is 2.37. The maximum Gasteiger partial charge on any atom is 0.273 e. The Bertz CT molecular complexity index is 1770. The number of phenols is 1. The normalized spacial score (nSPS) is 14.2. The van der Waals surface area contributed by atoms with E-state index in [2.05, 4.69) is 10.2 Å². The number of halogens is 2. The van der Waals surface area contributed by atoms with Crippen LogP contribution in [0.15, 0.2) is 84.9 Å². The highest BCUT2D eigenvalue weighted by molar-refractivity contribution is 6.31. The van der Waals surface area contributed by atoms with E-state index in [0.717, 1.165) is 16.7 Å². The van der Waals surface area contributed by atoms with Gasteiger partial charge in [-0.2, -0.15) is 5.10 Å². The van der Waals surface area contributed by atoms with Crippen LogP contribution in [0.4, 0.5) is 4.39 Å². The van der Waals surface area contributed by atoms with E-state index in [0.29, 0.717) is 51.2 Å². The first-order chi connectivity index (χ1) is 20.3. The number of benzene rings is 4. The molecule has 1 aromatic heterocycles. The predicted molar refractivity (Wildman–Crippen MR) is 157 cm³/mol. The molecule has 7 nitrogen and oxygen atoms in total. The van der Waals surface area contributed by atoms with Gasteiger partial charge in [0.05, 0.1) is 13.2 Å². The molecular weight excluding hydrogens is 557 g/mol. The summed E-state index contributed by atoms with van der Waals surface area (Å²) in [6.07, 6.45) is 0. The van der Waals surface area contributed by atoms with Crippen molar-refractivity contribution < 1.29 is 23.8 Å². The topological polar surface area (TPSA) is 87.7 Å². The van der Waals surface area contributed by atoms with Crippen molar-refractivity contribution in [3.63, 3.8) is 0 Å². The van der Waals surface area contributed by atoms with Crippen molar-refractivity contribution in [3.05, 3.63) is 129 Å². The molecule has 212 valence electrons. The molecule has 9 heteroatoms. The zero-order valence-corrected chi connectivity index (χ0v) is 23.7. The van der Waals surface area contributed by atoms with Gasteiger partial charge in [0.1, 0.15) is 29.6 Å². The number of aromatic amines is 1. The fourth-order valence-corrected chi connectivity index (χ4v) is 5.43. The Morgan fingerprint density at radius 1 is 1.00 bits per heavy atom. The number of aromatic nitrogens is 2. The molecule has 1 atom stereocenters. The molecule has 0 aliphatic carbocycles. The second-order valence-corrected chi connectivity index (χ2v) is 10.5. The van der Waals surface area contributed by atoms with Gasteiger partial charge in [-0.1, -0.05) is 60.1 Å². The van der Waals surface area contributed by atoms with Crippen molar-refractivity contribution in [2.24, 2.45) is 0 Å². The predicted octanol–water partition coefficient (Wildman–Crippen LogP) is 7.22. The van der Waals surface area contributed by atoms with Crippen LogP contribution >= 0.6 is 11.6 Å². The number of carbonyl (C=O) groups is 1. The molecule has 0 spiro atoms. The maximum atomic E-state index is 13.8. The van der Waals surface area contributed by atoms with Crippen LogP contribution in [0.3, 0.4) is 0 Å². The quantitative estimate of drug-likeness (QED) is 0.201. The number of H-pyrrole nitrogens is 1. The zero-order valence-electron chi connectivity index (χ0n) is 22.9. The summed E-state index contributed by atoms with van der Waals surface area (Å²) in [5, 5.41) is 18.7. The van der Waals surface area contributed by atoms with Gasteiger partial charge < -0.3 is 19.5 Å². The van der Waals surface area contributed by atoms with Crippen LogP contribution in [0.25, 0.3) is 11.3 Å². The molecule has 1 unspecified atom stereocenters. The number of rotatable bonds is 8.